The highest BCUT2D eigenvalue weighted by Gasteiger charge is 2.29. The minimum absolute atomic E-state index is 0.143. The molecule has 1 saturated heterocycles. The standard InChI is InChI=1S/C18H28N8O3S/c1-2-19-18(20-13-17-22-21-16-5-3-4-7-26(16)17)24-8-10-25(11-9-24)30(27,28)14-15-6-12-29-23-15/h6,12H,2-5,7-11,13-14H2,1H3,(H,19,20). The average Bonchev–Trinajstić information content (AvgIpc) is 3.41. The summed E-state index contributed by atoms with van der Waals surface area (Å²) in [7, 11) is -3.42. The van der Waals surface area contributed by atoms with Crippen LogP contribution in [0.1, 0.15) is 37.1 Å². The van der Waals surface area contributed by atoms with Gasteiger partial charge in [-0.3, -0.25) is 0 Å². The van der Waals surface area contributed by atoms with E-state index in [4.69, 9.17) is 9.52 Å². The molecule has 164 valence electrons. The zero-order chi connectivity index (χ0) is 21.0. The molecule has 0 radical (unpaired) electrons. The highest BCUT2D eigenvalue weighted by atomic mass is 32.2. The number of guanidine groups is 1. The summed E-state index contributed by atoms with van der Waals surface area (Å²) in [4.78, 5) is 6.85. The molecule has 2 aliphatic heterocycles. The molecular formula is C18H28N8O3S. The van der Waals surface area contributed by atoms with Gasteiger partial charge in [-0.25, -0.2) is 13.4 Å². The van der Waals surface area contributed by atoms with Crippen LogP contribution in [-0.2, 0) is 35.3 Å². The molecule has 11 nitrogen and oxygen atoms in total. The normalized spacial score (nSPS) is 18.4. The second kappa shape index (κ2) is 9.13. The zero-order valence-corrected chi connectivity index (χ0v) is 18.0. The average molecular weight is 437 g/mol. The molecule has 0 aromatic carbocycles. The maximum atomic E-state index is 12.6. The molecule has 4 rings (SSSR count). The lowest BCUT2D eigenvalue weighted by Crippen LogP contribution is -2.53. The molecule has 1 fully saturated rings. The van der Waals surface area contributed by atoms with Gasteiger partial charge in [-0.05, 0) is 19.8 Å². The summed E-state index contributed by atoms with van der Waals surface area (Å²) in [5.74, 6) is 2.56. The Morgan fingerprint density at radius 2 is 2.03 bits per heavy atom. The number of sulfonamides is 1. The van der Waals surface area contributed by atoms with E-state index in [1.807, 2.05) is 6.92 Å². The molecule has 0 bridgehead atoms. The number of aliphatic imine (C=N–C) groups is 1. The fourth-order valence-corrected chi connectivity index (χ4v) is 5.25. The van der Waals surface area contributed by atoms with Crippen LogP contribution >= 0.6 is 0 Å². The molecular weight excluding hydrogens is 408 g/mol. The van der Waals surface area contributed by atoms with Crippen LogP contribution < -0.4 is 5.32 Å². The van der Waals surface area contributed by atoms with Crippen LogP contribution in [0.5, 0.6) is 0 Å². The highest BCUT2D eigenvalue weighted by molar-refractivity contribution is 7.88. The topological polar surface area (TPSA) is 122 Å². The molecule has 1 N–H and O–H groups in total. The third kappa shape index (κ3) is 4.64. The number of hydrogen-bond acceptors (Lipinski definition) is 7. The number of piperazine rings is 1. The first-order chi connectivity index (χ1) is 14.6. The van der Waals surface area contributed by atoms with Crippen molar-refractivity contribution in [3.05, 3.63) is 29.7 Å². The molecule has 2 aromatic heterocycles. The molecule has 12 heteroatoms. The fourth-order valence-electron chi connectivity index (χ4n) is 3.83. The van der Waals surface area contributed by atoms with Gasteiger partial charge in [0.05, 0.1) is 5.69 Å². The van der Waals surface area contributed by atoms with E-state index >= 15 is 0 Å². The molecule has 4 heterocycles. The Labute approximate surface area is 176 Å². The van der Waals surface area contributed by atoms with Crippen LogP contribution in [0.3, 0.4) is 0 Å². The van der Waals surface area contributed by atoms with Crippen molar-refractivity contribution in [2.24, 2.45) is 4.99 Å². The monoisotopic (exact) mass is 436 g/mol. The molecule has 0 unspecified atom stereocenters. The van der Waals surface area contributed by atoms with Gasteiger partial charge < -0.3 is 19.3 Å². The predicted octanol–water partition coefficient (Wildman–Crippen LogP) is 0.216. The van der Waals surface area contributed by atoms with Crippen LogP contribution in [0.2, 0.25) is 0 Å². The summed E-state index contributed by atoms with van der Waals surface area (Å²) >= 11 is 0. The number of nitrogens with one attached hydrogen (secondary N) is 1. The second-order valence-electron chi connectivity index (χ2n) is 7.44. The van der Waals surface area contributed by atoms with Gasteiger partial charge in [0.25, 0.3) is 0 Å². The van der Waals surface area contributed by atoms with Gasteiger partial charge in [-0.2, -0.15) is 4.31 Å². The minimum Gasteiger partial charge on any atom is -0.364 e. The van der Waals surface area contributed by atoms with Crippen molar-refractivity contribution in [1.82, 2.24) is 34.4 Å². The summed E-state index contributed by atoms with van der Waals surface area (Å²) in [6, 6.07) is 1.58. The van der Waals surface area contributed by atoms with E-state index in [9.17, 15) is 8.42 Å². The van der Waals surface area contributed by atoms with E-state index in [2.05, 4.69) is 30.1 Å². The molecule has 2 aromatic rings. The Morgan fingerprint density at radius 3 is 2.77 bits per heavy atom. The third-order valence-electron chi connectivity index (χ3n) is 5.39. The summed E-state index contributed by atoms with van der Waals surface area (Å²) in [6.07, 6.45) is 4.66. The SMILES string of the molecule is CCNC(=NCc1nnc2n1CCCC2)N1CCN(S(=O)(=O)Cc2ccon2)CC1. The van der Waals surface area contributed by atoms with E-state index in [0.717, 1.165) is 50.0 Å². The van der Waals surface area contributed by atoms with Crippen LogP contribution in [-0.4, -0.2) is 76.2 Å². The molecule has 2 aliphatic rings. The Bertz CT molecular complexity index is 962. The van der Waals surface area contributed by atoms with Crippen molar-refractivity contribution >= 4 is 16.0 Å². The van der Waals surface area contributed by atoms with Crippen LogP contribution in [0.15, 0.2) is 21.8 Å². The number of rotatable bonds is 6. The predicted molar refractivity (Wildman–Crippen MR) is 110 cm³/mol. The fraction of sp³-hybridized carbons (Fsp3) is 0.667. The smallest absolute Gasteiger partial charge is 0.220 e. The van der Waals surface area contributed by atoms with Gasteiger partial charge in [0.15, 0.2) is 11.8 Å². The lowest BCUT2D eigenvalue weighted by molar-refractivity contribution is 0.259. The summed E-state index contributed by atoms with van der Waals surface area (Å²) in [5, 5.41) is 15.6. The largest absolute Gasteiger partial charge is 0.364 e. The first kappa shape index (κ1) is 20.8. The first-order valence-corrected chi connectivity index (χ1v) is 12.0. The Balaban J connectivity index is 1.38. The van der Waals surface area contributed by atoms with Gasteiger partial charge in [-0.15, -0.1) is 10.2 Å². The molecule has 0 atom stereocenters. The van der Waals surface area contributed by atoms with E-state index in [-0.39, 0.29) is 5.75 Å². The molecule has 0 saturated carbocycles. The van der Waals surface area contributed by atoms with Crippen LogP contribution in [0, 0.1) is 0 Å². The first-order valence-electron chi connectivity index (χ1n) is 10.4. The van der Waals surface area contributed by atoms with Crippen molar-refractivity contribution in [3.8, 4) is 0 Å². The van der Waals surface area contributed by atoms with Crippen molar-refractivity contribution in [1.29, 1.82) is 0 Å². The molecule has 0 amide bonds. The molecule has 0 spiro atoms. The van der Waals surface area contributed by atoms with Gasteiger partial charge in [0, 0.05) is 51.8 Å². The lowest BCUT2D eigenvalue weighted by atomic mass is 10.2. The summed E-state index contributed by atoms with van der Waals surface area (Å²) < 4.78 is 33.7. The van der Waals surface area contributed by atoms with E-state index in [0.29, 0.717) is 38.4 Å². The Hall–Kier alpha value is -2.47. The number of aryl methyl sites for hydroxylation is 1. The van der Waals surface area contributed by atoms with Crippen LogP contribution in [0.4, 0.5) is 0 Å². The van der Waals surface area contributed by atoms with E-state index in [1.165, 1.54) is 10.6 Å². The highest BCUT2D eigenvalue weighted by Crippen LogP contribution is 2.16. The van der Waals surface area contributed by atoms with Crippen LogP contribution in [0.25, 0.3) is 0 Å². The lowest BCUT2D eigenvalue weighted by Gasteiger charge is -2.35. The maximum Gasteiger partial charge on any atom is 0.220 e. The van der Waals surface area contributed by atoms with Gasteiger partial charge >= 0.3 is 0 Å². The summed E-state index contributed by atoms with van der Waals surface area (Å²) in [6.45, 7) is 6.12. The van der Waals surface area contributed by atoms with Gasteiger partial charge in [-0.1, -0.05) is 5.16 Å². The van der Waals surface area contributed by atoms with Crippen molar-refractivity contribution in [3.63, 3.8) is 0 Å². The number of nitrogens with zero attached hydrogens (tertiary/aromatic N) is 7. The van der Waals surface area contributed by atoms with Crippen molar-refractivity contribution in [2.75, 3.05) is 32.7 Å². The number of aromatic nitrogens is 4. The molecule has 0 aliphatic carbocycles. The van der Waals surface area contributed by atoms with E-state index in [1.54, 1.807) is 6.07 Å². The Morgan fingerprint density at radius 1 is 1.20 bits per heavy atom. The zero-order valence-electron chi connectivity index (χ0n) is 17.2. The number of hydrogen-bond donors (Lipinski definition) is 1. The Kier molecular flexibility index (Phi) is 6.32. The van der Waals surface area contributed by atoms with E-state index < -0.39 is 10.0 Å². The maximum absolute atomic E-state index is 12.6. The summed E-state index contributed by atoms with van der Waals surface area (Å²) in [5.41, 5.74) is 0.420. The third-order valence-corrected chi connectivity index (χ3v) is 7.21. The molecule has 30 heavy (non-hydrogen) atoms. The minimum atomic E-state index is -3.42. The quantitative estimate of drug-likeness (QED) is 0.504. The van der Waals surface area contributed by atoms with Gasteiger partial charge in [0.1, 0.15) is 24.4 Å². The van der Waals surface area contributed by atoms with Crippen molar-refractivity contribution < 1.29 is 12.9 Å². The number of fused-ring (bicyclic) bond motifs is 1. The van der Waals surface area contributed by atoms with Gasteiger partial charge in [0.2, 0.25) is 10.0 Å². The second-order valence-corrected chi connectivity index (χ2v) is 9.41. The van der Waals surface area contributed by atoms with Crippen molar-refractivity contribution in [2.45, 2.75) is 45.0 Å².